The average Bonchev–Trinajstić information content (AvgIpc) is 3.36. The number of nitrogens with zero attached hydrogens (tertiary/aromatic N) is 1. The summed E-state index contributed by atoms with van der Waals surface area (Å²) in [6.07, 6.45) is 3.59. The summed E-state index contributed by atoms with van der Waals surface area (Å²) in [5.41, 5.74) is 3.00. The van der Waals surface area contributed by atoms with Gasteiger partial charge < -0.3 is 10.2 Å². The van der Waals surface area contributed by atoms with E-state index in [4.69, 9.17) is 0 Å². The van der Waals surface area contributed by atoms with Gasteiger partial charge in [-0.3, -0.25) is 14.5 Å². The molecule has 0 radical (unpaired) electrons. The fourth-order valence-corrected chi connectivity index (χ4v) is 5.37. The van der Waals surface area contributed by atoms with Gasteiger partial charge in [-0.25, -0.2) is 0 Å². The number of carbonyl (C=O) groups is 2. The summed E-state index contributed by atoms with van der Waals surface area (Å²) < 4.78 is 0. The number of para-hydroxylation sites is 2. The SMILES string of the molecule is O=C1CN(C(=O)C[NH+]2CCc3sccc3[C@@H]2C2CC2)c2ccccc2N1. The number of nitrogens with one attached hydrogen (secondary N) is 2. The first kappa shape index (κ1) is 16.0. The monoisotopic (exact) mass is 368 g/mol. The third-order valence-corrected chi connectivity index (χ3v) is 6.77. The summed E-state index contributed by atoms with van der Waals surface area (Å²) in [5, 5.41) is 5.05. The zero-order valence-electron chi connectivity index (χ0n) is 14.5. The maximum Gasteiger partial charge on any atom is 0.282 e. The van der Waals surface area contributed by atoms with E-state index in [1.807, 2.05) is 35.6 Å². The van der Waals surface area contributed by atoms with Crippen molar-refractivity contribution in [2.45, 2.75) is 25.3 Å². The molecule has 1 saturated carbocycles. The van der Waals surface area contributed by atoms with Gasteiger partial charge in [0.25, 0.3) is 5.91 Å². The first-order valence-electron chi connectivity index (χ1n) is 9.31. The highest BCUT2D eigenvalue weighted by molar-refractivity contribution is 7.10. The van der Waals surface area contributed by atoms with Crippen molar-refractivity contribution < 1.29 is 14.5 Å². The minimum absolute atomic E-state index is 0.0478. The van der Waals surface area contributed by atoms with Crippen molar-refractivity contribution in [3.63, 3.8) is 0 Å². The topological polar surface area (TPSA) is 53.9 Å². The summed E-state index contributed by atoms with van der Waals surface area (Å²) in [7, 11) is 0. The van der Waals surface area contributed by atoms with Crippen LogP contribution >= 0.6 is 11.3 Å². The van der Waals surface area contributed by atoms with Crippen molar-refractivity contribution in [2.75, 3.05) is 29.9 Å². The molecule has 2 N–H and O–H groups in total. The van der Waals surface area contributed by atoms with Gasteiger partial charge in [0.1, 0.15) is 12.6 Å². The fourth-order valence-electron chi connectivity index (χ4n) is 4.44. The van der Waals surface area contributed by atoms with Crippen LogP contribution in [0.1, 0.15) is 29.3 Å². The molecule has 0 saturated heterocycles. The van der Waals surface area contributed by atoms with Crippen LogP contribution in [0.3, 0.4) is 0 Å². The van der Waals surface area contributed by atoms with Crippen molar-refractivity contribution in [1.82, 2.24) is 0 Å². The molecular formula is C20H22N3O2S+. The van der Waals surface area contributed by atoms with Crippen LogP contribution in [-0.4, -0.2) is 31.4 Å². The van der Waals surface area contributed by atoms with Crippen LogP contribution in [-0.2, 0) is 16.0 Å². The van der Waals surface area contributed by atoms with Gasteiger partial charge in [0.15, 0.2) is 6.54 Å². The Morgan fingerprint density at radius 3 is 2.96 bits per heavy atom. The molecule has 1 aromatic heterocycles. The van der Waals surface area contributed by atoms with E-state index in [-0.39, 0.29) is 18.4 Å². The van der Waals surface area contributed by atoms with E-state index in [0.717, 1.165) is 24.3 Å². The molecule has 2 amide bonds. The Kier molecular flexibility index (Phi) is 3.83. The number of carbonyl (C=O) groups excluding carboxylic acids is 2. The fraction of sp³-hybridized carbons (Fsp3) is 0.400. The maximum atomic E-state index is 13.1. The van der Waals surface area contributed by atoms with Crippen molar-refractivity contribution in [2.24, 2.45) is 5.92 Å². The molecule has 3 aliphatic rings. The molecule has 134 valence electrons. The van der Waals surface area contributed by atoms with E-state index in [2.05, 4.69) is 16.8 Å². The standard InChI is InChI=1S/C20H21N3O2S/c24-18-11-23(16-4-2-1-3-15(16)21-18)19(25)12-22-9-7-17-14(8-10-26-17)20(22)13-5-6-13/h1-4,8,10,13,20H,5-7,9,11-12H2,(H,21,24)/p+1/t20-/m0/s1. The Balaban J connectivity index is 1.40. The zero-order chi connectivity index (χ0) is 17.7. The van der Waals surface area contributed by atoms with E-state index in [0.29, 0.717) is 18.5 Å². The Bertz CT molecular complexity index is 873. The van der Waals surface area contributed by atoms with Crippen molar-refractivity contribution in [3.8, 4) is 0 Å². The molecular weight excluding hydrogens is 346 g/mol. The smallest absolute Gasteiger partial charge is 0.282 e. The number of hydrogen-bond acceptors (Lipinski definition) is 3. The lowest BCUT2D eigenvalue weighted by atomic mass is 9.96. The van der Waals surface area contributed by atoms with Crippen LogP contribution in [0.15, 0.2) is 35.7 Å². The third kappa shape index (κ3) is 2.73. The maximum absolute atomic E-state index is 13.1. The predicted octanol–water partition coefficient (Wildman–Crippen LogP) is 1.63. The van der Waals surface area contributed by atoms with Crippen molar-refractivity contribution in [1.29, 1.82) is 0 Å². The lowest BCUT2D eigenvalue weighted by molar-refractivity contribution is -0.928. The van der Waals surface area contributed by atoms with Gasteiger partial charge in [0, 0.05) is 22.8 Å². The highest BCUT2D eigenvalue weighted by Gasteiger charge is 2.44. The second-order valence-corrected chi connectivity index (χ2v) is 8.50. The molecule has 5 rings (SSSR count). The molecule has 1 aliphatic carbocycles. The van der Waals surface area contributed by atoms with Crippen LogP contribution in [0.2, 0.25) is 0 Å². The normalized spacial score (nSPS) is 24.6. The molecule has 0 spiro atoms. The first-order valence-corrected chi connectivity index (χ1v) is 10.2. The van der Waals surface area contributed by atoms with Gasteiger partial charge in [-0.15, -0.1) is 11.3 Å². The molecule has 3 heterocycles. The van der Waals surface area contributed by atoms with Crippen molar-refractivity contribution in [3.05, 3.63) is 46.2 Å². The Morgan fingerprint density at radius 2 is 2.12 bits per heavy atom. The highest BCUT2D eigenvalue weighted by Crippen LogP contribution is 2.42. The molecule has 1 aromatic carbocycles. The first-order chi connectivity index (χ1) is 12.7. The second kappa shape index (κ2) is 6.21. The minimum atomic E-state index is -0.121. The molecule has 6 heteroatoms. The largest absolute Gasteiger partial charge is 0.323 e. The van der Waals surface area contributed by atoms with E-state index in [9.17, 15) is 9.59 Å². The number of quaternary nitrogens is 1. The molecule has 2 aliphatic heterocycles. The molecule has 0 bridgehead atoms. The minimum Gasteiger partial charge on any atom is -0.323 e. The van der Waals surface area contributed by atoms with E-state index >= 15 is 0 Å². The van der Waals surface area contributed by atoms with Gasteiger partial charge in [-0.1, -0.05) is 12.1 Å². The number of benzene rings is 1. The van der Waals surface area contributed by atoms with Crippen LogP contribution in [0.25, 0.3) is 0 Å². The van der Waals surface area contributed by atoms with Crippen LogP contribution in [0.5, 0.6) is 0 Å². The third-order valence-electron chi connectivity index (χ3n) is 5.77. The quantitative estimate of drug-likeness (QED) is 0.865. The molecule has 1 unspecified atom stereocenters. The van der Waals surface area contributed by atoms with E-state index in [1.54, 1.807) is 4.90 Å². The van der Waals surface area contributed by atoms with Crippen LogP contribution in [0, 0.1) is 5.92 Å². The van der Waals surface area contributed by atoms with Crippen LogP contribution in [0.4, 0.5) is 11.4 Å². The van der Waals surface area contributed by atoms with E-state index < -0.39 is 0 Å². The van der Waals surface area contributed by atoms with Gasteiger partial charge in [0.2, 0.25) is 5.91 Å². The summed E-state index contributed by atoms with van der Waals surface area (Å²) in [4.78, 5) is 29.7. The second-order valence-electron chi connectivity index (χ2n) is 7.49. The lowest BCUT2D eigenvalue weighted by Crippen LogP contribution is -3.14. The Labute approximate surface area is 156 Å². The number of hydrogen-bond donors (Lipinski definition) is 2. The number of amides is 2. The Hall–Kier alpha value is -2.18. The highest BCUT2D eigenvalue weighted by atomic mass is 32.1. The number of anilines is 2. The van der Waals surface area contributed by atoms with Gasteiger partial charge in [-0.2, -0.15) is 0 Å². The summed E-state index contributed by atoms with van der Waals surface area (Å²) >= 11 is 1.85. The Morgan fingerprint density at radius 1 is 1.27 bits per heavy atom. The zero-order valence-corrected chi connectivity index (χ0v) is 15.3. The summed E-state index contributed by atoms with van der Waals surface area (Å²) in [5.74, 6) is 0.638. The molecule has 1 fully saturated rings. The summed E-state index contributed by atoms with van der Waals surface area (Å²) in [6, 6.07) is 10.3. The van der Waals surface area contributed by atoms with Crippen molar-refractivity contribution >= 4 is 34.5 Å². The number of fused-ring (bicyclic) bond motifs is 2. The number of thiophene rings is 1. The van der Waals surface area contributed by atoms with Gasteiger partial charge in [0.05, 0.1) is 17.9 Å². The summed E-state index contributed by atoms with van der Waals surface area (Å²) in [6.45, 7) is 1.57. The molecule has 5 nitrogen and oxygen atoms in total. The molecule has 2 aromatic rings. The average molecular weight is 368 g/mol. The van der Waals surface area contributed by atoms with Gasteiger partial charge in [-0.05, 0) is 36.4 Å². The van der Waals surface area contributed by atoms with E-state index in [1.165, 1.54) is 28.2 Å². The predicted molar refractivity (Wildman–Crippen MR) is 102 cm³/mol. The van der Waals surface area contributed by atoms with Crippen LogP contribution < -0.4 is 15.1 Å². The molecule has 2 atom stereocenters. The van der Waals surface area contributed by atoms with Gasteiger partial charge >= 0.3 is 0 Å². The lowest BCUT2D eigenvalue weighted by Gasteiger charge is -2.35. The molecule has 26 heavy (non-hydrogen) atoms. The number of rotatable bonds is 3.